The molecule has 2 aromatic carbocycles. The van der Waals surface area contributed by atoms with Crippen LogP contribution < -0.4 is 26.0 Å². The molecule has 2 aliphatic heterocycles. The average Bonchev–Trinajstić information content (AvgIpc) is 3.74. The van der Waals surface area contributed by atoms with Gasteiger partial charge < -0.3 is 35.5 Å². The zero-order chi connectivity index (χ0) is 29.2. The topological polar surface area (TPSA) is 147 Å². The van der Waals surface area contributed by atoms with Crippen LogP contribution in [-0.2, 0) is 41.5 Å². The van der Waals surface area contributed by atoms with Gasteiger partial charge in [-0.25, -0.2) is 0 Å². The minimum absolute atomic E-state index is 0.125. The van der Waals surface area contributed by atoms with Gasteiger partial charge in [-0.15, -0.1) is 0 Å². The Balaban J connectivity index is 1.43. The summed E-state index contributed by atoms with van der Waals surface area (Å²) >= 11 is 0. The van der Waals surface area contributed by atoms with Gasteiger partial charge in [-0.1, -0.05) is 42.5 Å². The fourth-order valence-corrected chi connectivity index (χ4v) is 4.61. The van der Waals surface area contributed by atoms with Gasteiger partial charge in [0, 0.05) is 19.5 Å². The van der Waals surface area contributed by atoms with E-state index in [-0.39, 0.29) is 43.6 Å². The molecule has 0 bridgehead atoms. The highest BCUT2D eigenvalue weighted by Gasteiger charge is 2.50. The third-order valence-electron chi connectivity index (χ3n) is 7.13. The lowest BCUT2D eigenvalue weighted by Crippen LogP contribution is -2.55. The van der Waals surface area contributed by atoms with Crippen molar-refractivity contribution in [1.29, 1.82) is 0 Å². The van der Waals surface area contributed by atoms with Crippen molar-refractivity contribution in [2.24, 2.45) is 0 Å². The van der Waals surface area contributed by atoms with E-state index in [0.717, 1.165) is 17.7 Å². The summed E-state index contributed by atoms with van der Waals surface area (Å²) in [4.78, 5) is 52.1. The average molecular weight is 567 g/mol. The monoisotopic (exact) mass is 566 g/mol. The molecule has 0 radical (unpaired) electrons. The molecule has 2 saturated heterocycles. The van der Waals surface area contributed by atoms with Crippen LogP contribution >= 0.6 is 0 Å². The van der Waals surface area contributed by atoms with Gasteiger partial charge in [-0.2, -0.15) is 0 Å². The number of amides is 3. The second-order valence-electron chi connectivity index (χ2n) is 10.5. The minimum Gasteiger partial charge on any atom is -0.497 e. The first kappa shape index (κ1) is 30.2. The first-order valence-electron chi connectivity index (χ1n) is 13.8. The maximum Gasteiger partial charge on any atom is 0.243 e. The Kier molecular flexibility index (Phi) is 10.4. The number of hydrogen-bond acceptors (Lipinski definition) is 8. The number of ether oxygens (including phenoxy) is 3. The molecule has 2 aliphatic rings. The summed E-state index contributed by atoms with van der Waals surface area (Å²) in [7, 11) is 1.56. The Morgan fingerprint density at radius 3 is 2.29 bits per heavy atom. The molecule has 4 N–H and O–H groups in total. The van der Waals surface area contributed by atoms with Crippen LogP contribution in [0.4, 0.5) is 0 Å². The van der Waals surface area contributed by atoms with Gasteiger partial charge in [0.1, 0.15) is 17.4 Å². The van der Waals surface area contributed by atoms with Gasteiger partial charge in [-0.05, 0) is 36.6 Å². The van der Waals surface area contributed by atoms with Crippen LogP contribution in [0.3, 0.4) is 0 Å². The van der Waals surface area contributed by atoms with E-state index in [9.17, 15) is 19.2 Å². The predicted octanol–water partition coefficient (Wildman–Crippen LogP) is 0.303. The van der Waals surface area contributed by atoms with Gasteiger partial charge in [0.25, 0.3) is 0 Å². The van der Waals surface area contributed by atoms with Gasteiger partial charge in [0.15, 0.2) is 5.78 Å². The molecule has 11 nitrogen and oxygen atoms in total. The van der Waals surface area contributed by atoms with E-state index in [0.29, 0.717) is 25.5 Å². The Hall–Kier alpha value is -3.80. The third-order valence-corrected chi connectivity index (χ3v) is 7.13. The molecule has 2 heterocycles. The number of Topliss-reactive ketones (excluding diaryl/α,β-unsaturated/α-hetero) is 1. The van der Waals surface area contributed by atoms with Crippen molar-refractivity contribution in [1.82, 2.24) is 21.3 Å². The fraction of sp³-hybridized carbons (Fsp3) is 0.467. The number of carbonyl (C=O) groups excluding carboxylic acids is 4. The Labute approximate surface area is 239 Å². The molecular formula is C30H38N4O7. The van der Waals surface area contributed by atoms with Crippen molar-refractivity contribution in [3.8, 4) is 5.75 Å². The van der Waals surface area contributed by atoms with E-state index in [2.05, 4.69) is 21.3 Å². The quantitative estimate of drug-likeness (QED) is 0.239. The molecule has 41 heavy (non-hydrogen) atoms. The molecule has 3 amide bonds. The standard InChI is InChI=1S/C30H38N4O7/c1-30(19-41-30)28(37)24(14-20-6-4-3-5-7-20)34-29(38)25(15-21-8-10-22(39-2)11-9-21)33-27(36)18-32-26(35)16-23-17-31-12-13-40-23/h3-11,23-25,31H,12-19H2,1-2H3,(H,32,35)(H,33,36)(H,34,38)/t23?,24-,25-,30+/m0/s1. The fourth-order valence-electron chi connectivity index (χ4n) is 4.61. The lowest BCUT2D eigenvalue weighted by atomic mass is 9.94. The van der Waals surface area contributed by atoms with Gasteiger partial charge in [-0.3, -0.25) is 19.2 Å². The summed E-state index contributed by atoms with van der Waals surface area (Å²) in [6.07, 6.45) is 0.315. The molecule has 0 spiro atoms. The van der Waals surface area contributed by atoms with Crippen molar-refractivity contribution in [2.45, 2.75) is 50.0 Å². The number of methoxy groups -OCH3 is 1. The molecule has 0 aliphatic carbocycles. The Morgan fingerprint density at radius 1 is 0.976 bits per heavy atom. The van der Waals surface area contributed by atoms with E-state index < -0.39 is 29.5 Å². The smallest absolute Gasteiger partial charge is 0.243 e. The SMILES string of the molecule is COc1ccc(C[C@H](NC(=O)CNC(=O)CC2CNCCO2)C(=O)N[C@@H](Cc2ccccc2)C(=O)[C@@]2(C)CO2)cc1. The normalized spacial score (nSPS) is 21.2. The summed E-state index contributed by atoms with van der Waals surface area (Å²) in [5.41, 5.74) is 0.718. The van der Waals surface area contributed by atoms with E-state index in [1.54, 1.807) is 38.3 Å². The lowest BCUT2D eigenvalue weighted by molar-refractivity contribution is -0.133. The van der Waals surface area contributed by atoms with E-state index in [1.165, 1.54) is 0 Å². The second-order valence-corrected chi connectivity index (χ2v) is 10.5. The molecule has 4 atom stereocenters. The number of carbonyl (C=O) groups is 4. The summed E-state index contributed by atoms with van der Waals surface area (Å²) in [5.74, 6) is -0.934. The molecule has 2 aromatic rings. The molecule has 11 heteroatoms. The highest BCUT2D eigenvalue weighted by Crippen LogP contribution is 2.29. The van der Waals surface area contributed by atoms with E-state index in [4.69, 9.17) is 14.2 Å². The van der Waals surface area contributed by atoms with Crippen molar-refractivity contribution in [3.05, 3.63) is 65.7 Å². The number of morpholine rings is 1. The van der Waals surface area contributed by atoms with Crippen molar-refractivity contribution in [2.75, 3.05) is 40.0 Å². The Bertz CT molecular complexity index is 1200. The van der Waals surface area contributed by atoms with Crippen molar-refractivity contribution < 1.29 is 33.4 Å². The van der Waals surface area contributed by atoms with Crippen LogP contribution in [0.25, 0.3) is 0 Å². The zero-order valence-electron chi connectivity index (χ0n) is 23.4. The number of ketones is 1. The number of hydrogen-bond donors (Lipinski definition) is 4. The largest absolute Gasteiger partial charge is 0.497 e. The van der Waals surface area contributed by atoms with Crippen LogP contribution in [0.2, 0.25) is 0 Å². The first-order valence-corrected chi connectivity index (χ1v) is 13.8. The summed E-state index contributed by atoms with van der Waals surface area (Å²) < 4.78 is 16.1. The van der Waals surface area contributed by atoms with Crippen LogP contribution in [0.5, 0.6) is 5.75 Å². The summed E-state index contributed by atoms with van der Waals surface area (Å²) in [6, 6.07) is 14.7. The predicted molar refractivity (Wildman–Crippen MR) is 150 cm³/mol. The number of benzene rings is 2. The molecule has 1 unspecified atom stereocenters. The van der Waals surface area contributed by atoms with Gasteiger partial charge >= 0.3 is 0 Å². The third kappa shape index (κ3) is 9.10. The van der Waals surface area contributed by atoms with Crippen LogP contribution in [0.15, 0.2) is 54.6 Å². The molecular weight excluding hydrogens is 528 g/mol. The second kappa shape index (κ2) is 14.2. The molecule has 2 fully saturated rings. The maximum absolute atomic E-state index is 13.6. The highest BCUT2D eigenvalue weighted by atomic mass is 16.6. The van der Waals surface area contributed by atoms with Gasteiger partial charge in [0.2, 0.25) is 17.7 Å². The summed E-state index contributed by atoms with van der Waals surface area (Å²) in [6.45, 7) is 3.52. The lowest BCUT2D eigenvalue weighted by Gasteiger charge is -2.25. The van der Waals surface area contributed by atoms with Gasteiger partial charge in [0.05, 0.1) is 45.4 Å². The number of nitrogens with one attached hydrogen (secondary N) is 4. The van der Waals surface area contributed by atoms with E-state index in [1.807, 2.05) is 30.3 Å². The maximum atomic E-state index is 13.6. The zero-order valence-corrected chi connectivity index (χ0v) is 23.4. The van der Waals surface area contributed by atoms with Crippen molar-refractivity contribution in [3.63, 3.8) is 0 Å². The molecule has 0 saturated carbocycles. The van der Waals surface area contributed by atoms with E-state index >= 15 is 0 Å². The van der Waals surface area contributed by atoms with Crippen LogP contribution in [-0.4, -0.2) is 87.3 Å². The Morgan fingerprint density at radius 2 is 1.66 bits per heavy atom. The summed E-state index contributed by atoms with van der Waals surface area (Å²) in [5, 5.41) is 11.3. The molecule has 0 aromatic heterocycles. The first-order chi connectivity index (χ1) is 19.8. The number of rotatable bonds is 14. The minimum atomic E-state index is -1.00. The molecule has 220 valence electrons. The van der Waals surface area contributed by atoms with Crippen molar-refractivity contribution >= 4 is 23.5 Å². The number of epoxide rings is 1. The molecule has 4 rings (SSSR count). The van der Waals surface area contributed by atoms with Crippen LogP contribution in [0, 0.1) is 0 Å². The highest BCUT2D eigenvalue weighted by molar-refractivity contribution is 5.98. The van der Waals surface area contributed by atoms with Crippen LogP contribution in [0.1, 0.15) is 24.5 Å².